The summed E-state index contributed by atoms with van der Waals surface area (Å²) in [5.74, 6) is 3.16. The van der Waals surface area contributed by atoms with E-state index < -0.39 is 0 Å². The van der Waals surface area contributed by atoms with Gasteiger partial charge >= 0.3 is 5.69 Å². The summed E-state index contributed by atoms with van der Waals surface area (Å²) in [7, 11) is 0. The molecular formula is C19H25N5O. The highest BCUT2D eigenvalue weighted by atomic mass is 16.1. The van der Waals surface area contributed by atoms with Crippen molar-refractivity contribution in [3.63, 3.8) is 0 Å². The van der Waals surface area contributed by atoms with E-state index in [0.29, 0.717) is 5.92 Å². The molecule has 1 saturated carbocycles. The average Bonchev–Trinajstić information content (AvgIpc) is 3.08. The molecule has 2 fully saturated rings. The first-order chi connectivity index (χ1) is 12.1. The monoisotopic (exact) mass is 339 g/mol. The van der Waals surface area contributed by atoms with Gasteiger partial charge in [0.1, 0.15) is 5.82 Å². The van der Waals surface area contributed by atoms with Gasteiger partial charge < -0.3 is 16.4 Å². The number of anilines is 1. The predicted octanol–water partition coefficient (Wildman–Crippen LogP) is 1.05. The highest BCUT2D eigenvalue weighted by Gasteiger charge is 2.54. The third-order valence-electron chi connectivity index (χ3n) is 5.82. The fourth-order valence-electron chi connectivity index (χ4n) is 4.30. The van der Waals surface area contributed by atoms with E-state index in [4.69, 9.17) is 11.5 Å². The molecule has 132 valence electrons. The van der Waals surface area contributed by atoms with Gasteiger partial charge in [0.05, 0.1) is 5.69 Å². The topological polar surface area (TPSA) is 90.2 Å². The van der Waals surface area contributed by atoms with Gasteiger partial charge in [-0.15, -0.1) is 0 Å². The molecule has 2 aliphatic rings. The molecule has 6 heteroatoms. The largest absolute Gasteiger partial charge is 0.383 e. The Bertz CT molecular complexity index is 803. The zero-order valence-corrected chi connectivity index (χ0v) is 14.5. The van der Waals surface area contributed by atoms with E-state index >= 15 is 0 Å². The maximum Gasteiger partial charge on any atom is 0.354 e. The number of piperidine rings is 1. The van der Waals surface area contributed by atoms with Crippen LogP contribution in [0.2, 0.25) is 0 Å². The lowest BCUT2D eigenvalue weighted by atomic mass is 10.00. The van der Waals surface area contributed by atoms with Crippen molar-refractivity contribution >= 4 is 5.82 Å². The van der Waals surface area contributed by atoms with E-state index in [9.17, 15) is 4.79 Å². The maximum absolute atomic E-state index is 11.9. The summed E-state index contributed by atoms with van der Waals surface area (Å²) in [6.45, 7) is 6.58. The molecule has 4 rings (SSSR count). The predicted molar refractivity (Wildman–Crippen MR) is 98.6 cm³/mol. The first-order valence-corrected chi connectivity index (χ1v) is 8.94. The second kappa shape index (κ2) is 6.28. The van der Waals surface area contributed by atoms with Crippen LogP contribution >= 0.6 is 0 Å². The van der Waals surface area contributed by atoms with Crippen LogP contribution in [-0.4, -0.2) is 40.6 Å². The molecule has 0 amide bonds. The van der Waals surface area contributed by atoms with Crippen LogP contribution in [0.3, 0.4) is 0 Å². The van der Waals surface area contributed by atoms with E-state index in [1.807, 2.05) is 12.1 Å². The molecule has 1 aliphatic heterocycles. The van der Waals surface area contributed by atoms with E-state index in [0.717, 1.165) is 36.5 Å². The van der Waals surface area contributed by atoms with E-state index in [1.165, 1.54) is 23.2 Å². The summed E-state index contributed by atoms with van der Waals surface area (Å²) in [4.78, 5) is 18.3. The van der Waals surface area contributed by atoms with Gasteiger partial charge in [0.25, 0.3) is 0 Å². The molecular weight excluding hydrogens is 314 g/mol. The van der Waals surface area contributed by atoms with Crippen LogP contribution in [0.1, 0.15) is 18.4 Å². The first-order valence-electron chi connectivity index (χ1n) is 8.94. The van der Waals surface area contributed by atoms with Crippen molar-refractivity contribution in [1.82, 2.24) is 14.5 Å². The van der Waals surface area contributed by atoms with Crippen molar-refractivity contribution in [2.45, 2.75) is 12.8 Å². The quantitative estimate of drug-likeness (QED) is 0.850. The van der Waals surface area contributed by atoms with Crippen LogP contribution in [0.4, 0.5) is 5.82 Å². The fraction of sp³-hybridized carbons (Fsp3) is 0.474. The summed E-state index contributed by atoms with van der Waals surface area (Å²) in [5, 5.41) is 0. The first kappa shape index (κ1) is 16.3. The Morgan fingerprint density at radius 2 is 1.88 bits per heavy atom. The van der Waals surface area contributed by atoms with Crippen molar-refractivity contribution in [3.05, 3.63) is 52.6 Å². The van der Waals surface area contributed by atoms with Gasteiger partial charge in [-0.3, -0.25) is 4.57 Å². The smallest absolute Gasteiger partial charge is 0.354 e. The van der Waals surface area contributed by atoms with E-state index in [1.54, 1.807) is 12.3 Å². The normalized spacial score (nSPS) is 26.4. The van der Waals surface area contributed by atoms with Crippen molar-refractivity contribution in [1.29, 1.82) is 0 Å². The molecule has 6 nitrogen and oxygen atoms in total. The Morgan fingerprint density at radius 1 is 1.20 bits per heavy atom. The van der Waals surface area contributed by atoms with Crippen LogP contribution in [0.15, 0.2) is 41.3 Å². The summed E-state index contributed by atoms with van der Waals surface area (Å²) >= 11 is 0. The highest BCUT2D eigenvalue weighted by Crippen LogP contribution is 2.51. The average molecular weight is 339 g/mol. The number of benzene rings is 1. The molecule has 1 aromatic heterocycles. The number of fused-ring (bicyclic) bond motifs is 1. The summed E-state index contributed by atoms with van der Waals surface area (Å²) in [5.41, 5.74) is 13.1. The van der Waals surface area contributed by atoms with Crippen LogP contribution in [0.5, 0.6) is 0 Å². The van der Waals surface area contributed by atoms with Gasteiger partial charge in [-0.1, -0.05) is 19.1 Å². The standard InChI is InChI=1S/C19H25N5O/c1-12(9-23-10-16-15(8-20)17(16)11-23)13-2-4-14(5-3-13)24-7-6-18(21)22-19(24)25/h2-7,12,15-17H,8-11,20H2,1H3,(H2,21,22,25)/t12?,15?,16-,17+. The lowest BCUT2D eigenvalue weighted by Gasteiger charge is -2.23. The molecule has 2 aromatic rings. The van der Waals surface area contributed by atoms with Gasteiger partial charge in [0.15, 0.2) is 0 Å². The SMILES string of the molecule is CC(CN1C[C@@H]2C(CN)[C@@H]2C1)c1ccc(-n2ccc(N)nc2=O)cc1. The molecule has 2 heterocycles. The number of nitrogens with two attached hydrogens (primary N) is 2. The van der Waals surface area contributed by atoms with Gasteiger partial charge in [0.2, 0.25) is 0 Å². The Balaban J connectivity index is 1.41. The maximum atomic E-state index is 11.9. The molecule has 4 N–H and O–H groups in total. The minimum absolute atomic E-state index is 0.243. The van der Waals surface area contributed by atoms with E-state index in [2.05, 4.69) is 28.9 Å². The number of likely N-dealkylation sites (tertiary alicyclic amines) is 1. The molecule has 4 atom stereocenters. The minimum Gasteiger partial charge on any atom is -0.383 e. The lowest BCUT2D eigenvalue weighted by molar-refractivity contribution is 0.273. The number of aromatic nitrogens is 2. The van der Waals surface area contributed by atoms with Gasteiger partial charge in [-0.25, -0.2) is 4.79 Å². The molecule has 25 heavy (non-hydrogen) atoms. The van der Waals surface area contributed by atoms with Crippen molar-refractivity contribution in [3.8, 4) is 5.69 Å². The van der Waals surface area contributed by atoms with Crippen LogP contribution < -0.4 is 17.2 Å². The second-order valence-corrected chi connectivity index (χ2v) is 7.44. The summed E-state index contributed by atoms with van der Waals surface area (Å²) < 4.78 is 1.51. The molecule has 1 aliphatic carbocycles. The molecule has 2 unspecified atom stereocenters. The van der Waals surface area contributed by atoms with Gasteiger partial charge in [0, 0.05) is 25.8 Å². The molecule has 0 spiro atoms. The Labute approximate surface area is 147 Å². The lowest BCUT2D eigenvalue weighted by Crippen LogP contribution is -2.29. The third kappa shape index (κ3) is 3.07. The zero-order chi connectivity index (χ0) is 17.6. The van der Waals surface area contributed by atoms with Crippen LogP contribution in [-0.2, 0) is 0 Å². The number of nitrogens with zero attached hydrogens (tertiary/aromatic N) is 3. The number of nitrogen functional groups attached to an aromatic ring is 1. The number of hydrogen-bond donors (Lipinski definition) is 2. The van der Waals surface area contributed by atoms with Crippen molar-refractivity contribution in [2.24, 2.45) is 23.5 Å². The molecule has 0 radical (unpaired) electrons. The van der Waals surface area contributed by atoms with Crippen molar-refractivity contribution in [2.75, 3.05) is 31.9 Å². The summed E-state index contributed by atoms with van der Waals surface area (Å²) in [6.07, 6.45) is 1.66. The molecule has 0 bridgehead atoms. The van der Waals surface area contributed by atoms with E-state index in [-0.39, 0.29) is 11.5 Å². The number of rotatable bonds is 5. The Kier molecular flexibility index (Phi) is 4.09. The van der Waals surface area contributed by atoms with Gasteiger partial charge in [-0.2, -0.15) is 4.98 Å². The Morgan fingerprint density at radius 3 is 2.48 bits per heavy atom. The minimum atomic E-state index is -0.355. The third-order valence-corrected chi connectivity index (χ3v) is 5.82. The number of hydrogen-bond acceptors (Lipinski definition) is 5. The van der Waals surface area contributed by atoms with Crippen LogP contribution in [0, 0.1) is 17.8 Å². The molecule has 1 aromatic carbocycles. The van der Waals surface area contributed by atoms with Crippen molar-refractivity contribution < 1.29 is 0 Å². The summed E-state index contributed by atoms with van der Waals surface area (Å²) in [6, 6.07) is 9.77. The van der Waals surface area contributed by atoms with Gasteiger partial charge in [-0.05, 0) is 54.0 Å². The zero-order valence-electron chi connectivity index (χ0n) is 14.5. The fourth-order valence-corrected chi connectivity index (χ4v) is 4.30. The Hall–Kier alpha value is -2.18. The highest BCUT2D eigenvalue weighted by molar-refractivity contribution is 5.37. The van der Waals surface area contributed by atoms with Crippen LogP contribution in [0.25, 0.3) is 5.69 Å². The molecule has 1 saturated heterocycles. The second-order valence-electron chi connectivity index (χ2n) is 7.44.